The van der Waals surface area contributed by atoms with Crippen molar-refractivity contribution in [3.05, 3.63) is 36.4 Å². The summed E-state index contributed by atoms with van der Waals surface area (Å²) in [5, 5.41) is 2.81. The fourth-order valence-electron chi connectivity index (χ4n) is 2.35. The van der Waals surface area contributed by atoms with E-state index in [1.807, 2.05) is 12.1 Å². The Bertz CT molecular complexity index is 886. The summed E-state index contributed by atoms with van der Waals surface area (Å²) in [4.78, 5) is 16.0. The van der Waals surface area contributed by atoms with Crippen molar-refractivity contribution in [3.8, 4) is 23.0 Å². The van der Waals surface area contributed by atoms with Crippen LogP contribution in [0.25, 0.3) is 22.6 Å². The number of benzene rings is 2. The fourth-order valence-corrected chi connectivity index (χ4v) is 2.35. The number of nitrogens with zero attached hydrogens (tertiary/aromatic N) is 1. The maximum Gasteiger partial charge on any atom is 0.227 e. The van der Waals surface area contributed by atoms with Gasteiger partial charge in [-0.05, 0) is 36.4 Å². The molecular formula is C18H18N2O4. The monoisotopic (exact) mass is 326 g/mol. The van der Waals surface area contributed by atoms with Gasteiger partial charge in [0.05, 0.1) is 14.2 Å². The van der Waals surface area contributed by atoms with Crippen LogP contribution < -0.4 is 14.8 Å². The molecule has 6 heteroatoms. The van der Waals surface area contributed by atoms with E-state index in [1.165, 1.54) is 0 Å². The minimum atomic E-state index is -0.0436. The summed E-state index contributed by atoms with van der Waals surface area (Å²) in [5.74, 6) is 1.68. The number of anilines is 1. The minimum absolute atomic E-state index is 0.0436. The smallest absolute Gasteiger partial charge is 0.227 e. The van der Waals surface area contributed by atoms with Crippen molar-refractivity contribution in [2.75, 3.05) is 19.5 Å². The van der Waals surface area contributed by atoms with Crippen LogP contribution in [0, 0.1) is 0 Å². The quantitative estimate of drug-likeness (QED) is 0.770. The van der Waals surface area contributed by atoms with Crippen LogP contribution in [-0.2, 0) is 4.79 Å². The summed E-state index contributed by atoms with van der Waals surface area (Å²) in [6.07, 6.45) is 0.424. The third-order valence-corrected chi connectivity index (χ3v) is 3.62. The summed E-state index contributed by atoms with van der Waals surface area (Å²) in [5.41, 5.74) is 2.80. The molecule has 0 unspecified atom stereocenters. The Morgan fingerprint density at radius 3 is 2.62 bits per heavy atom. The first kappa shape index (κ1) is 15.9. The van der Waals surface area contributed by atoms with Gasteiger partial charge >= 0.3 is 0 Å². The van der Waals surface area contributed by atoms with Crippen molar-refractivity contribution in [3.63, 3.8) is 0 Å². The van der Waals surface area contributed by atoms with Crippen molar-refractivity contribution in [1.29, 1.82) is 0 Å². The molecule has 6 nitrogen and oxygen atoms in total. The Morgan fingerprint density at radius 1 is 1.12 bits per heavy atom. The summed E-state index contributed by atoms with van der Waals surface area (Å²) in [7, 11) is 3.17. The Balaban J connectivity index is 1.97. The topological polar surface area (TPSA) is 73.6 Å². The summed E-state index contributed by atoms with van der Waals surface area (Å²) >= 11 is 0. The number of hydrogen-bond acceptors (Lipinski definition) is 5. The fraction of sp³-hybridized carbons (Fsp3) is 0.222. The number of rotatable bonds is 5. The Kier molecular flexibility index (Phi) is 4.37. The first-order valence-corrected chi connectivity index (χ1v) is 7.57. The van der Waals surface area contributed by atoms with Crippen LogP contribution >= 0.6 is 0 Å². The number of amides is 1. The van der Waals surface area contributed by atoms with Crippen LogP contribution in [0.2, 0.25) is 0 Å². The number of carbonyl (C=O) groups excluding carboxylic acids is 1. The van der Waals surface area contributed by atoms with Gasteiger partial charge in [-0.1, -0.05) is 6.92 Å². The summed E-state index contributed by atoms with van der Waals surface area (Å²) in [6.45, 7) is 1.80. The van der Waals surface area contributed by atoms with Gasteiger partial charge in [-0.3, -0.25) is 4.79 Å². The molecule has 0 atom stereocenters. The molecule has 1 N–H and O–H groups in total. The van der Waals surface area contributed by atoms with Crippen molar-refractivity contribution in [2.45, 2.75) is 13.3 Å². The number of fused-ring (bicyclic) bond motifs is 1. The van der Waals surface area contributed by atoms with E-state index >= 15 is 0 Å². The molecule has 0 saturated heterocycles. The van der Waals surface area contributed by atoms with E-state index in [9.17, 15) is 4.79 Å². The maximum atomic E-state index is 11.5. The summed E-state index contributed by atoms with van der Waals surface area (Å²) in [6, 6.07) is 10.8. The highest BCUT2D eigenvalue weighted by Crippen LogP contribution is 2.33. The van der Waals surface area contributed by atoms with Crippen LogP contribution in [0.3, 0.4) is 0 Å². The zero-order valence-corrected chi connectivity index (χ0v) is 13.8. The number of nitrogens with one attached hydrogen (secondary N) is 1. The van der Waals surface area contributed by atoms with E-state index in [1.54, 1.807) is 45.4 Å². The molecule has 1 heterocycles. The van der Waals surface area contributed by atoms with Gasteiger partial charge in [0.2, 0.25) is 11.8 Å². The van der Waals surface area contributed by atoms with Crippen LogP contribution in [0.15, 0.2) is 40.8 Å². The predicted molar refractivity (Wildman–Crippen MR) is 91.5 cm³/mol. The molecular weight excluding hydrogens is 308 g/mol. The van der Waals surface area contributed by atoms with Gasteiger partial charge in [0.15, 0.2) is 17.1 Å². The van der Waals surface area contributed by atoms with E-state index in [-0.39, 0.29) is 5.91 Å². The average Bonchev–Trinajstić information content (AvgIpc) is 3.04. The molecule has 3 rings (SSSR count). The molecule has 1 amide bonds. The second kappa shape index (κ2) is 6.62. The molecule has 0 aliphatic rings. The van der Waals surface area contributed by atoms with Gasteiger partial charge in [0.25, 0.3) is 0 Å². The van der Waals surface area contributed by atoms with Gasteiger partial charge < -0.3 is 19.2 Å². The molecule has 0 spiro atoms. The molecule has 0 fully saturated rings. The van der Waals surface area contributed by atoms with E-state index in [0.717, 1.165) is 5.56 Å². The zero-order chi connectivity index (χ0) is 17.1. The lowest BCUT2D eigenvalue weighted by atomic mass is 10.2. The highest BCUT2D eigenvalue weighted by Gasteiger charge is 2.12. The molecule has 0 saturated carbocycles. The molecule has 0 aliphatic heterocycles. The molecule has 1 aromatic heterocycles. The molecule has 0 bridgehead atoms. The van der Waals surface area contributed by atoms with Crippen molar-refractivity contribution in [2.24, 2.45) is 0 Å². The van der Waals surface area contributed by atoms with Gasteiger partial charge in [-0.2, -0.15) is 0 Å². The first-order chi connectivity index (χ1) is 11.6. The van der Waals surface area contributed by atoms with Crippen LogP contribution in [0.4, 0.5) is 5.69 Å². The molecule has 0 aliphatic carbocycles. The Morgan fingerprint density at radius 2 is 1.92 bits per heavy atom. The van der Waals surface area contributed by atoms with Crippen molar-refractivity contribution < 1.29 is 18.7 Å². The number of oxazole rings is 1. The number of ether oxygens (including phenoxy) is 2. The molecule has 0 radical (unpaired) electrons. The van der Waals surface area contributed by atoms with Gasteiger partial charge in [-0.25, -0.2) is 4.98 Å². The predicted octanol–water partition coefficient (Wildman–Crippen LogP) is 3.86. The second-order valence-electron chi connectivity index (χ2n) is 5.17. The summed E-state index contributed by atoms with van der Waals surface area (Å²) < 4.78 is 16.3. The third-order valence-electron chi connectivity index (χ3n) is 3.62. The van der Waals surface area contributed by atoms with Gasteiger partial charge in [-0.15, -0.1) is 0 Å². The highest BCUT2D eigenvalue weighted by molar-refractivity contribution is 5.92. The van der Waals surface area contributed by atoms with Crippen molar-refractivity contribution >= 4 is 22.7 Å². The van der Waals surface area contributed by atoms with E-state index in [0.29, 0.717) is 40.6 Å². The van der Waals surface area contributed by atoms with Gasteiger partial charge in [0.1, 0.15) is 5.52 Å². The number of aromatic nitrogens is 1. The largest absolute Gasteiger partial charge is 0.493 e. The number of carbonyl (C=O) groups is 1. The third kappa shape index (κ3) is 3.03. The Labute approximate surface area is 139 Å². The van der Waals surface area contributed by atoms with Crippen LogP contribution in [0.1, 0.15) is 13.3 Å². The number of methoxy groups -OCH3 is 2. The lowest BCUT2D eigenvalue weighted by Crippen LogP contribution is -2.08. The SMILES string of the molecule is CCC(=O)Nc1ccc2oc(-c3ccc(OC)c(OC)c3)nc2c1. The first-order valence-electron chi connectivity index (χ1n) is 7.57. The molecule has 124 valence electrons. The van der Waals surface area contributed by atoms with Crippen LogP contribution in [0.5, 0.6) is 11.5 Å². The van der Waals surface area contributed by atoms with Crippen molar-refractivity contribution in [1.82, 2.24) is 4.98 Å². The zero-order valence-electron chi connectivity index (χ0n) is 13.8. The highest BCUT2D eigenvalue weighted by atomic mass is 16.5. The molecule has 3 aromatic rings. The maximum absolute atomic E-state index is 11.5. The van der Waals surface area contributed by atoms with E-state index in [4.69, 9.17) is 13.9 Å². The van der Waals surface area contributed by atoms with E-state index in [2.05, 4.69) is 10.3 Å². The van der Waals surface area contributed by atoms with Crippen LogP contribution in [-0.4, -0.2) is 25.1 Å². The molecule has 2 aromatic carbocycles. The lowest BCUT2D eigenvalue weighted by molar-refractivity contribution is -0.115. The molecule has 24 heavy (non-hydrogen) atoms. The minimum Gasteiger partial charge on any atom is -0.493 e. The number of hydrogen-bond donors (Lipinski definition) is 1. The second-order valence-corrected chi connectivity index (χ2v) is 5.17. The van der Waals surface area contributed by atoms with Gasteiger partial charge in [0, 0.05) is 17.7 Å². The normalized spacial score (nSPS) is 10.6. The Hall–Kier alpha value is -3.02. The lowest BCUT2D eigenvalue weighted by Gasteiger charge is -2.07. The average molecular weight is 326 g/mol. The standard InChI is InChI=1S/C18H18N2O4/c1-4-17(21)19-12-6-8-14-13(10-12)20-18(24-14)11-5-7-15(22-2)16(9-11)23-3/h5-10H,4H2,1-3H3,(H,19,21). The van der Waals surface area contributed by atoms with E-state index < -0.39 is 0 Å².